The second-order valence-corrected chi connectivity index (χ2v) is 5.14. The molecule has 3 heteroatoms. The molecular weight excluding hydrogens is 337 g/mol. The number of halogens is 1. The fourth-order valence-electron chi connectivity index (χ4n) is 1.54. The van der Waals surface area contributed by atoms with Crippen molar-refractivity contribution in [1.82, 2.24) is 0 Å². The zero-order chi connectivity index (χ0) is 12.8. The molecule has 0 spiro atoms. The Kier molecular flexibility index (Phi) is 4.59. The molecule has 0 amide bonds. The Morgan fingerprint density at radius 3 is 2.17 bits per heavy atom. The molecular formula is C15H12INO. The zero-order valence-electron chi connectivity index (χ0n) is 9.77. The predicted molar refractivity (Wildman–Crippen MR) is 79.3 cm³/mol. The van der Waals surface area contributed by atoms with Crippen LogP contribution in [-0.4, -0.2) is 0 Å². The first-order valence-electron chi connectivity index (χ1n) is 5.61. The van der Waals surface area contributed by atoms with E-state index >= 15 is 0 Å². The number of benzene rings is 2. The lowest BCUT2D eigenvalue weighted by Crippen LogP contribution is -1.95. The van der Waals surface area contributed by atoms with Crippen molar-refractivity contribution in [3.63, 3.8) is 0 Å². The predicted octanol–water partition coefficient (Wildman–Crippen LogP) is 3.94. The summed E-state index contributed by atoms with van der Waals surface area (Å²) in [7, 11) is 0. The number of nitriles is 1. The molecule has 2 rings (SSSR count). The monoisotopic (exact) mass is 349 g/mol. The molecule has 0 saturated heterocycles. The summed E-state index contributed by atoms with van der Waals surface area (Å²) in [6.07, 6.45) is 0.442. The summed E-state index contributed by atoms with van der Waals surface area (Å²) in [4.78, 5) is 0. The van der Waals surface area contributed by atoms with E-state index in [-0.39, 0.29) is 0 Å². The first-order valence-corrected chi connectivity index (χ1v) is 6.69. The normalized spacial score (nSPS) is 9.78. The van der Waals surface area contributed by atoms with E-state index in [1.807, 2.05) is 24.3 Å². The van der Waals surface area contributed by atoms with Crippen LogP contribution in [0.2, 0.25) is 0 Å². The van der Waals surface area contributed by atoms with Crippen molar-refractivity contribution in [3.05, 3.63) is 63.2 Å². The first-order chi connectivity index (χ1) is 8.78. The molecule has 2 aromatic rings. The number of hydrogen-bond acceptors (Lipinski definition) is 2. The third-order valence-electron chi connectivity index (χ3n) is 2.53. The van der Waals surface area contributed by atoms with Crippen molar-refractivity contribution < 1.29 is 4.74 Å². The molecule has 2 aromatic carbocycles. The minimum atomic E-state index is 0.442. The second kappa shape index (κ2) is 6.41. The Morgan fingerprint density at radius 1 is 0.944 bits per heavy atom. The summed E-state index contributed by atoms with van der Waals surface area (Å²) >= 11 is 2.28. The van der Waals surface area contributed by atoms with Crippen LogP contribution in [0.4, 0.5) is 0 Å². The van der Waals surface area contributed by atoms with Gasteiger partial charge in [-0.2, -0.15) is 5.26 Å². The number of hydrogen-bond donors (Lipinski definition) is 0. The molecule has 90 valence electrons. The molecule has 0 saturated carbocycles. The maximum absolute atomic E-state index is 8.58. The van der Waals surface area contributed by atoms with Gasteiger partial charge >= 0.3 is 0 Å². The molecule has 0 aromatic heterocycles. The highest BCUT2D eigenvalue weighted by molar-refractivity contribution is 14.1. The fraction of sp³-hybridized carbons (Fsp3) is 0.133. The Hall–Kier alpha value is -1.54. The van der Waals surface area contributed by atoms with Gasteiger partial charge in [0.1, 0.15) is 12.4 Å². The molecule has 0 unspecified atom stereocenters. The van der Waals surface area contributed by atoms with Gasteiger partial charge in [0.05, 0.1) is 12.5 Å². The van der Waals surface area contributed by atoms with Gasteiger partial charge in [0.2, 0.25) is 0 Å². The Morgan fingerprint density at radius 2 is 1.56 bits per heavy atom. The van der Waals surface area contributed by atoms with Gasteiger partial charge < -0.3 is 4.74 Å². The lowest BCUT2D eigenvalue weighted by Gasteiger charge is -2.06. The quantitative estimate of drug-likeness (QED) is 0.784. The van der Waals surface area contributed by atoms with Crippen molar-refractivity contribution in [3.8, 4) is 11.8 Å². The minimum absolute atomic E-state index is 0.442. The highest BCUT2D eigenvalue weighted by Gasteiger charge is 1.97. The minimum Gasteiger partial charge on any atom is -0.489 e. The molecule has 0 fully saturated rings. The summed E-state index contributed by atoms with van der Waals surface area (Å²) in [6, 6.07) is 18.0. The summed E-state index contributed by atoms with van der Waals surface area (Å²) in [5.74, 6) is 0.829. The van der Waals surface area contributed by atoms with E-state index in [9.17, 15) is 0 Å². The number of nitrogens with zero attached hydrogens (tertiary/aromatic N) is 1. The highest BCUT2D eigenvalue weighted by atomic mass is 127. The second-order valence-electron chi connectivity index (χ2n) is 3.89. The van der Waals surface area contributed by atoms with Crippen LogP contribution in [0.25, 0.3) is 0 Å². The van der Waals surface area contributed by atoms with Gasteiger partial charge in [-0.25, -0.2) is 0 Å². The molecule has 0 heterocycles. The van der Waals surface area contributed by atoms with Crippen LogP contribution in [0.3, 0.4) is 0 Å². The van der Waals surface area contributed by atoms with Crippen LogP contribution in [0.15, 0.2) is 48.5 Å². The largest absolute Gasteiger partial charge is 0.489 e. The molecule has 0 N–H and O–H groups in total. The van der Waals surface area contributed by atoms with Crippen LogP contribution < -0.4 is 4.74 Å². The van der Waals surface area contributed by atoms with Gasteiger partial charge in [0.15, 0.2) is 0 Å². The van der Waals surface area contributed by atoms with E-state index < -0.39 is 0 Å². The molecule has 0 radical (unpaired) electrons. The van der Waals surface area contributed by atoms with E-state index in [1.54, 1.807) is 0 Å². The number of rotatable bonds is 4. The van der Waals surface area contributed by atoms with Gasteiger partial charge in [0.25, 0.3) is 0 Å². The maximum atomic E-state index is 8.58. The Bertz CT molecular complexity index is 540. The van der Waals surface area contributed by atoms with Crippen molar-refractivity contribution in [2.45, 2.75) is 13.0 Å². The third-order valence-corrected chi connectivity index (χ3v) is 3.24. The maximum Gasteiger partial charge on any atom is 0.119 e. The zero-order valence-corrected chi connectivity index (χ0v) is 11.9. The van der Waals surface area contributed by atoms with E-state index in [1.165, 1.54) is 3.57 Å². The molecule has 18 heavy (non-hydrogen) atoms. The molecule has 0 aliphatic carbocycles. The van der Waals surface area contributed by atoms with Gasteiger partial charge in [-0.15, -0.1) is 0 Å². The van der Waals surface area contributed by atoms with Gasteiger partial charge in [0, 0.05) is 3.57 Å². The molecule has 0 aliphatic heterocycles. The van der Waals surface area contributed by atoms with Crippen LogP contribution in [0, 0.1) is 14.9 Å². The van der Waals surface area contributed by atoms with Crippen molar-refractivity contribution in [1.29, 1.82) is 5.26 Å². The lowest BCUT2D eigenvalue weighted by molar-refractivity contribution is 0.306. The van der Waals surface area contributed by atoms with E-state index in [4.69, 9.17) is 10.00 Å². The summed E-state index contributed by atoms with van der Waals surface area (Å²) in [5, 5.41) is 8.58. The van der Waals surface area contributed by atoms with Crippen LogP contribution in [0.5, 0.6) is 5.75 Å². The van der Waals surface area contributed by atoms with Crippen molar-refractivity contribution >= 4 is 22.6 Å². The Balaban J connectivity index is 1.94. The third kappa shape index (κ3) is 3.74. The average Bonchev–Trinajstić information content (AvgIpc) is 2.40. The lowest BCUT2D eigenvalue weighted by atomic mass is 10.2. The smallest absolute Gasteiger partial charge is 0.119 e. The first kappa shape index (κ1) is 12.9. The molecule has 0 bridgehead atoms. The summed E-state index contributed by atoms with van der Waals surface area (Å²) in [6.45, 7) is 0.564. The molecule has 0 aliphatic rings. The van der Waals surface area contributed by atoms with Crippen molar-refractivity contribution in [2.75, 3.05) is 0 Å². The van der Waals surface area contributed by atoms with E-state index in [0.717, 1.165) is 16.9 Å². The van der Waals surface area contributed by atoms with E-state index in [0.29, 0.717) is 13.0 Å². The summed E-state index contributed by atoms with van der Waals surface area (Å²) in [5.41, 5.74) is 2.16. The topological polar surface area (TPSA) is 33.0 Å². The standard InChI is InChI=1S/C15H12INO/c16-14-5-1-13(2-6-14)11-18-15-7-3-12(4-8-15)9-10-17/h1-8H,9,11H2. The summed E-state index contributed by atoms with van der Waals surface area (Å²) < 4.78 is 6.90. The average molecular weight is 349 g/mol. The highest BCUT2D eigenvalue weighted by Crippen LogP contribution is 2.15. The van der Waals surface area contributed by atoms with Crippen LogP contribution in [0.1, 0.15) is 11.1 Å². The SMILES string of the molecule is N#CCc1ccc(OCc2ccc(I)cc2)cc1. The van der Waals surface area contributed by atoms with Gasteiger partial charge in [-0.1, -0.05) is 24.3 Å². The van der Waals surface area contributed by atoms with Crippen molar-refractivity contribution in [2.24, 2.45) is 0 Å². The fourth-order valence-corrected chi connectivity index (χ4v) is 1.90. The molecule has 2 nitrogen and oxygen atoms in total. The van der Waals surface area contributed by atoms with Crippen LogP contribution >= 0.6 is 22.6 Å². The molecule has 0 atom stereocenters. The van der Waals surface area contributed by atoms with Gasteiger partial charge in [-0.3, -0.25) is 0 Å². The van der Waals surface area contributed by atoms with Crippen LogP contribution in [-0.2, 0) is 13.0 Å². The van der Waals surface area contributed by atoms with Gasteiger partial charge in [-0.05, 0) is 58.0 Å². The number of ether oxygens (including phenoxy) is 1. The van der Waals surface area contributed by atoms with E-state index in [2.05, 4.69) is 52.9 Å². The Labute approximate surface area is 120 Å².